The highest BCUT2D eigenvalue weighted by Gasteiger charge is 2.41. The fraction of sp³-hybridized carbons (Fsp3) is 0.368. The fourth-order valence-corrected chi connectivity index (χ4v) is 5.47. The minimum atomic E-state index is -3.14. The Morgan fingerprint density at radius 1 is 0.857 bits per heavy atom. The van der Waals surface area contributed by atoms with Crippen molar-refractivity contribution in [3.63, 3.8) is 0 Å². The van der Waals surface area contributed by atoms with Gasteiger partial charge in [-0.1, -0.05) is 30.3 Å². The van der Waals surface area contributed by atoms with E-state index in [4.69, 9.17) is 5.73 Å². The maximum Gasteiger partial charge on any atom is 0.0896 e. The van der Waals surface area contributed by atoms with Crippen molar-refractivity contribution < 1.29 is 9.11 Å². The zero-order chi connectivity index (χ0) is 18.1. The minimum absolute atomic E-state index is 0. The van der Waals surface area contributed by atoms with Gasteiger partial charge in [0.2, 0.25) is 0 Å². The molecule has 0 aromatic heterocycles. The van der Waals surface area contributed by atoms with Gasteiger partial charge in [0.05, 0.1) is 23.6 Å². The first-order valence-corrected chi connectivity index (χ1v) is 10.5. The van der Waals surface area contributed by atoms with Gasteiger partial charge in [0, 0.05) is 12.6 Å². The summed E-state index contributed by atoms with van der Waals surface area (Å²) < 4.78 is 25.6. The van der Waals surface area contributed by atoms with Gasteiger partial charge in [-0.15, -0.1) is 24.8 Å². The second-order valence-corrected chi connectivity index (χ2v) is 8.68. The number of hydrogen-bond donors (Lipinski definition) is 3. The number of nitrogens with zero attached hydrogens (tertiary/aromatic N) is 3. The molecule has 0 radical (unpaired) electrons. The molecule has 0 saturated carbocycles. The number of anilines is 3. The summed E-state index contributed by atoms with van der Waals surface area (Å²) in [6.45, 7) is 3.30. The van der Waals surface area contributed by atoms with Crippen molar-refractivity contribution in [3.8, 4) is 0 Å². The lowest BCUT2D eigenvalue weighted by molar-refractivity contribution is 0.219. The van der Waals surface area contributed by atoms with E-state index in [1.54, 1.807) is 8.61 Å². The molecule has 9 heteroatoms. The molecule has 0 spiro atoms. The molecule has 0 bridgehead atoms. The Bertz CT molecular complexity index is 761. The number of rotatable bonds is 4. The van der Waals surface area contributed by atoms with Crippen LogP contribution in [0, 0.1) is 0 Å². The van der Waals surface area contributed by atoms with Crippen LogP contribution < -0.4 is 14.3 Å². The molecule has 0 unspecified atom stereocenters. The molecule has 2 aromatic rings. The van der Waals surface area contributed by atoms with E-state index < -0.39 is 11.0 Å². The van der Waals surface area contributed by atoms with Crippen LogP contribution in [0.1, 0.15) is 12.8 Å². The molecule has 0 aliphatic carbocycles. The first-order valence-electron chi connectivity index (χ1n) is 9.05. The molecule has 2 aliphatic rings. The third kappa shape index (κ3) is 4.36. The van der Waals surface area contributed by atoms with E-state index >= 15 is 0 Å². The van der Waals surface area contributed by atoms with Crippen LogP contribution in [0.4, 0.5) is 17.1 Å². The topological polar surface area (TPSA) is 76.2 Å². The summed E-state index contributed by atoms with van der Waals surface area (Å²) in [5.74, 6) is 0. The Morgan fingerprint density at radius 3 is 2.07 bits per heavy atom. The summed E-state index contributed by atoms with van der Waals surface area (Å²) in [7, 11) is -3.14. The third-order valence-corrected chi connectivity index (χ3v) is 7.02. The highest BCUT2D eigenvalue weighted by atomic mass is 35.5. The second-order valence-electron chi connectivity index (χ2n) is 6.89. The summed E-state index contributed by atoms with van der Waals surface area (Å²) >= 11 is 0. The molecule has 1 saturated heterocycles. The van der Waals surface area contributed by atoms with Crippen molar-refractivity contribution >= 4 is 52.8 Å². The van der Waals surface area contributed by atoms with Crippen LogP contribution in [0.25, 0.3) is 0 Å². The molecule has 28 heavy (non-hydrogen) atoms. The lowest BCUT2D eigenvalue weighted by Crippen LogP contribution is -2.43. The van der Waals surface area contributed by atoms with Crippen LogP contribution in [0.2, 0.25) is 0 Å². The normalized spacial score (nSPS) is 20.1. The van der Waals surface area contributed by atoms with Gasteiger partial charge < -0.3 is 10.6 Å². The second kappa shape index (κ2) is 9.54. The summed E-state index contributed by atoms with van der Waals surface area (Å²) in [6, 6.07) is 17.6. The van der Waals surface area contributed by atoms with E-state index in [9.17, 15) is 9.11 Å². The van der Waals surface area contributed by atoms with Gasteiger partial charge in [-0.25, -0.2) is 4.31 Å². The van der Waals surface area contributed by atoms with E-state index in [1.807, 2.05) is 54.6 Å². The number of hydrogen-bond acceptors (Lipinski definition) is 6. The first kappa shape index (κ1) is 23.1. The molecular formula is C19H28Cl2N4O2S. The third-order valence-electron chi connectivity index (χ3n) is 5.15. The van der Waals surface area contributed by atoms with Crippen molar-refractivity contribution in [1.29, 1.82) is 0 Å². The van der Waals surface area contributed by atoms with E-state index in [-0.39, 0.29) is 24.8 Å². The van der Waals surface area contributed by atoms with E-state index in [0.29, 0.717) is 12.6 Å². The number of nitrogens with two attached hydrogens (primary N) is 1. The van der Waals surface area contributed by atoms with Crippen molar-refractivity contribution in [2.45, 2.75) is 18.9 Å². The predicted molar refractivity (Wildman–Crippen MR) is 123 cm³/mol. The Hall–Kier alpha value is -1.19. The molecule has 6 nitrogen and oxygen atoms in total. The number of likely N-dealkylation sites (tertiary alicyclic amines) is 1. The molecule has 4 N–H and O–H groups in total. The van der Waals surface area contributed by atoms with Crippen molar-refractivity contribution in [1.82, 2.24) is 4.90 Å². The predicted octanol–water partition coefficient (Wildman–Crippen LogP) is 4.49. The number of benzene rings is 2. The largest absolute Gasteiger partial charge is 0.328 e. The smallest absolute Gasteiger partial charge is 0.0896 e. The number of piperidine rings is 1. The Kier molecular flexibility index (Phi) is 7.87. The molecule has 4 rings (SSSR count). The van der Waals surface area contributed by atoms with Crippen LogP contribution in [-0.4, -0.2) is 46.2 Å². The monoisotopic (exact) mass is 446 g/mol. The molecule has 0 atom stereocenters. The van der Waals surface area contributed by atoms with Gasteiger partial charge in [0.25, 0.3) is 0 Å². The average Bonchev–Trinajstić information content (AvgIpc) is 2.88. The van der Waals surface area contributed by atoms with Crippen LogP contribution >= 0.6 is 35.8 Å². The van der Waals surface area contributed by atoms with Crippen molar-refractivity contribution in [3.05, 3.63) is 54.6 Å². The SMILES string of the molecule is Cl.Cl.NC1CCN(CCN2c3ccccc3N(c3ccccc3)S2(O)O)CC1. The maximum atomic E-state index is 11.1. The summed E-state index contributed by atoms with van der Waals surface area (Å²) in [5.41, 5.74) is 8.47. The van der Waals surface area contributed by atoms with Gasteiger partial charge in [0.1, 0.15) is 0 Å². The van der Waals surface area contributed by atoms with E-state index in [1.165, 1.54) is 0 Å². The quantitative estimate of drug-likeness (QED) is 0.641. The standard InChI is InChI=1S/C19H26N4O2S.2ClH/c20-16-10-12-21(13-11-16)14-15-22-18-8-4-5-9-19(18)23(26(22,24)25)17-6-2-1-3-7-17;;/h1-9,16,24-25H,10-15,20H2;2*1H. The molecule has 1 fully saturated rings. The molecule has 0 amide bonds. The van der Waals surface area contributed by atoms with E-state index in [0.717, 1.165) is 49.5 Å². The molecule has 2 aromatic carbocycles. The van der Waals surface area contributed by atoms with Crippen molar-refractivity contribution in [2.24, 2.45) is 5.73 Å². The van der Waals surface area contributed by atoms with E-state index in [2.05, 4.69) is 4.90 Å². The Labute approximate surface area is 180 Å². The highest BCUT2D eigenvalue weighted by Crippen LogP contribution is 2.63. The maximum absolute atomic E-state index is 11.1. The average molecular weight is 447 g/mol. The summed E-state index contributed by atoms with van der Waals surface area (Å²) in [4.78, 5) is 2.35. The summed E-state index contributed by atoms with van der Waals surface area (Å²) in [6.07, 6.45) is 2.01. The van der Waals surface area contributed by atoms with Crippen LogP contribution in [0.3, 0.4) is 0 Å². The highest BCUT2D eigenvalue weighted by molar-refractivity contribution is 8.27. The lowest BCUT2D eigenvalue weighted by Gasteiger charge is -2.44. The number of halogens is 2. The molecule has 2 heterocycles. The number of para-hydroxylation sites is 3. The van der Waals surface area contributed by atoms with Gasteiger partial charge in [0.15, 0.2) is 0 Å². The first-order chi connectivity index (χ1) is 12.6. The minimum Gasteiger partial charge on any atom is -0.328 e. The van der Waals surface area contributed by atoms with Crippen LogP contribution in [-0.2, 0) is 0 Å². The molecule has 156 valence electrons. The van der Waals surface area contributed by atoms with Crippen LogP contribution in [0.5, 0.6) is 0 Å². The number of fused-ring (bicyclic) bond motifs is 1. The van der Waals surface area contributed by atoms with Gasteiger partial charge in [-0.2, -0.15) is 0 Å². The van der Waals surface area contributed by atoms with Gasteiger partial charge in [-0.05, 0) is 61.2 Å². The van der Waals surface area contributed by atoms with Crippen LogP contribution in [0.15, 0.2) is 54.6 Å². The van der Waals surface area contributed by atoms with Gasteiger partial charge >= 0.3 is 0 Å². The van der Waals surface area contributed by atoms with Gasteiger partial charge in [-0.3, -0.25) is 13.4 Å². The zero-order valence-corrected chi connectivity index (χ0v) is 18.0. The Morgan fingerprint density at radius 2 is 1.43 bits per heavy atom. The summed E-state index contributed by atoms with van der Waals surface area (Å²) in [5, 5.41) is 0. The molecular weight excluding hydrogens is 419 g/mol. The fourth-order valence-electron chi connectivity index (χ4n) is 3.70. The lowest BCUT2D eigenvalue weighted by atomic mass is 10.1. The molecule has 2 aliphatic heterocycles. The Balaban J connectivity index is 0.00000140. The zero-order valence-electron chi connectivity index (χ0n) is 15.6. The van der Waals surface area contributed by atoms with Crippen molar-refractivity contribution in [2.75, 3.05) is 34.8 Å².